The van der Waals surface area contributed by atoms with Gasteiger partial charge in [-0.3, -0.25) is 13.9 Å². The third-order valence-electron chi connectivity index (χ3n) is 5.58. The molecule has 0 saturated carbocycles. The molecule has 7 nitrogen and oxygen atoms in total. The Morgan fingerprint density at radius 3 is 2.29 bits per heavy atom. The number of amides is 2. The lowest BCUT2D eigenvalue weighted by atomic mass is 10.1. The lowest BCUT2D eigenvalue weighted by molar-refractivity contribution is -0.139. The van der Waals surface area contributed by atoms with Gasteiger partial charge in [-0.25, -0.2) is 8.42 Å². The van der Waals surface area contributed by atoms with Crippen molar-refractivity contribution in [2.75, 3.05) is 23.7 Å². The molecule has 2 amide bonds. The van der Waals surface area contributed by atoms with Crippen molar-refractivity contribution in [3.05, 3.63) is 64.1 Å². The molecule has 0 bridgehead atoms. The normalized spacial score (nSPS) is 12.1. The van der Waals surface area contributed by atoms with E-state index in [1.165, 1.54) is 4.90 Å². The van der Waals surface area contributed by atoms with E-state index in [9.17, 15) is 18.0 Å². The Bertz CT molecular complexity index is 1070. The van der Waals surface area contributed by atoms with Crippen molar-refractivity contribution in [3.63, 3.8) is 0 Å². The van der Waals surface area contributed by atoms with Crippen LogP contribution >= 0.6 is 15.9 Å². The number of hydrogen-bond acceptors (Lipinski definition) is 4. The second-order valence-electron chi connectivity index (χ2n) is 8.22. The number of rotatable bonds is 12. The Morgan fingerprint density at radius 2 is 1.71 bits per heavy atom. The number of unbranched alkanes of at least 4 members (excludes halogenated alkanes) is 1. The van der Waals surface area contributed by atoms with Gasteiger partial charge in [0.15, 0.2) is 0 Å². The fourth-order valence-corrected chi connectivity index (χ4v) is 4.70. The van der Waals surface area contributed by atoms with Gasteiger partial charge >= 0.3 is 0 Å². The molecule has 0 saturated heterocycles. The molecule has 9 heteroatoms. The number of benzene rings is 2. The zero-order valence-electron chi connectivity index (χ0n) is 20.3. The summed E-state index contributed by atoms with van der Waals surface area (Å²) < 4.78 is 27.4. The van der Waals surface area contributed by atoms with Gasteiger partial charge in [0.2, 0.25) is 21.8 Å². The van der Waals surface area contributed by atoms with E-state index < -0.39 is 22.0 Å². The highest BCUT2D eigenvalue weighted by Gasteiger charge is 2.30. The van der Waals surface area contributed by atoms with E-state index in [0.717, 1.165) is 39.0 Å². The molecule has 34 heavy (non-hydrogen) atoms. The SMILES string of the molecule is CCCCNC(=O)C(C)N(Cc1ccc(Br)cc1)C(=O)CN(c1ccccc1CC)S(C)(=O)=O. The largest absolute Gasteiger partial charge is 0.354 e. The van der Waals surface area contributed by atoms with Crippen LogP contribution in [-0.2, 0) is 32.6 Å². The molecule has 0 radical (unpaired) electrons. The lowest BCUT2D eigenvalue weighted by Gasteiger charge is -2.32. The molecule has 0 fully saturated rings. The summed E-state index contributed by atoms with van der Waals surface area (Å²) in [5.41, 5.74) is 2.14. The van der Waals surface area contributed by atoms with Crippen molar-refractivity contribution >= 4 is 43.5 Å². The van der Waals surface area contributed by atoms with E-state index >= 15 is 0 Å². The second kappa shape index (κ2) is 12.9. The summed E-state index contributed by atoms with van der Waals surface area (Å²) in [4.78, 5) is 27.8. The average Bonchev–Trinajstić information content (AvgIpc) is 2.81. The smallest absolute Gasteiger partial charge is 0.244 e. The van der Waals surface area contributed by atoms with Crippen molar-refractivity contribution in [3.8, 4) is 0 Å². The average molecular weight is 553 g/mol. The highest BCUT2D eigenvalue weighted by Crippen LogP contribution is 2.24. The van der Waals surface area contributed by atoms with Crippen molar-refractivity contribution in [2.24, 2.45) is 0 Å². The van der Waals surface area contributed by atoms with Gasteiger partial charge in [0.25, 0.3) is 0 Å². The highest BCUT2D eigenvalue weighted by molar-refractivity contribution is 9.10. The van der Waals surface area contributed by atoms with Gasteiger partial charge in [-0.15, -0.1) is 0 Å². The molecule has 0 spiro atoms. The Hall–Kier alpha value is -2.39. The molecular formula is C25H34BrN3O4S. The zero-order valence-corrected chi connectivity index (χ0v) is 22.7. The van der Waals surface area contributed by atoms with Gasteiger partial charge in [0.1, 0.15) is 12.6 Å². The molecule has 2 rings (SSSR count). The molecular weight excluding hydrogens is 518 g/mol. The molecule has 0 heterocycles. The number of halogens is 1. The quantitative estimate of drug-likeness (QED) is 0.402. The first-order valence-electron chi connectivity index (χ1n) is 11.5. The summed E-state index contributed by atoms with van der Waals surface area (Å²) in [6.07, 6.45) is 3.49. The number of carbonyl (C=O) groups is 2. The summed E-state index contributed by atoms with van der Waals surface area (Å²) in [5.74, 6) is -0.712. The first-order chi connectivity index (χ1) is 16.1. The van der Waals surface area contributed by atoms with Gasteiger partial charge in [0.05, 0.1) is 11.9 Å². The van der Waals surface area contributed by atoms with Crippen LogP contribution in [0.15, 0.2) is 53.0 Å². The van der Waals surface area contributed by atoms with Crippen molar-refractivity contribution in [2.45, 2.75) is 52.6 Å². The Balaban J connectivity index is 2.37. The maximum atomic E-state index is 13.6. The number of carbonyl (C=O) groups excluding carboxylic acids is 2. The number of hydrogen-bond donors (Lipinski definition) is 1. The lowest BCUT2D eigenvalue weighted by Crippen LogP contribution is -2.51. The fraction of sp³-hybridized carbons (Fsp3) is 0.440. The third kappa shape index (κ3) is 7.84. The number of aryl methyl sites for hydroxylation is 1. The zero-order chi connectivity index (χ0) is 25.3. The van der Waals surface area contributed by atoms with E-state index in [2.05, 4.69) is 21.2 Å². The monoisotopic (exact) mass is 551 g/mol. The first kappa shape index (κ1) is 27.9. The van der Waals surface area contributed by atoms with Crippen LogP contribution < -0.4 is 9.62 Å². The Morgan fingerprint density at radius 1 is 1.06 bits per heavy atom. The topological polar surface area (TPSA) is 86.8 Å². The molecule has 0 aliphatic heterocycles. The number of nitrogens with zero attached hydrogens (tertiary/aromatic N) is 2. The Labute approximate surface area is 211 Å². The summed E-state index contributed by atoms with van der Waals surface area (Å²) in [6.45, 7) is 5.96. The van der Waals surface area contributed by atoms with Gasteiger partial charge in [-0.1, -0.05) is 66.5 Å². The first-order valence-corrected chi connectivity index (χ1v) is 14.1. The van der Waals surface area contributed by atoms with Crippen LogP contribution in [-0.4, -0.2) is 50.5 Å². The van der Waals surface area contributed by atoms with Crippen LogP contribution in [0.4, 0.5) is 5.69 Å². The molecule has 186 valence electrons. The van der Waals surface area contributed by atoms with Crippen molar-refractivity contribution < 1.29 is 18.0 Å². The summed E-state index contributed by atoms with van der Waals surface area (Å²) >= 11 is 3.40. The van der Waals surface area contributed by atoms with Crippen molar-refractivity contribution in [1.82, 2.24) is 10.2 Å². The molecule has 0 aliphatic rings. The Kier molecular flexibility index (Phi) is 10.6. The molecule has 0 aliphatic carbocycles. The molecule has 2 aromatic rings. The third-order valence-corrected chi connectivity index (χ3v) is 7.24. The molecule has 1 atom stereocenters. The number of para-hydroxylation sites is 1. The van der Waals surface area contributed by atoms with Crippen LogP contribution in [0.2, 0.25) is 0 Å². The minimum Gasteiger partial charge on any atom is -0.354 e. The number of nitrogens with one attached hydrogen (secondary N) is 1. The van der Waals surface area contributed by atoms with E-state index in [-0.39, 0.29) is 19.0 Å². The number of sulfonamides is 1. The number of anilines is 1. The van der Waals surface area contributed by atoms with Crippen LogP contribution in [0.1, 0.15) is 44.7 Å². The van der Waals surface area contributed by atoms with E-state index in [0.29, 0.717) is 18.7 Å². The van der Waals surface area contributed by atoms with Crippen LogP contribution in [0.5, 0.6) is 0 Å². The highest BCUT2D eigenvalue weighted by atomic mass is 79.9. The predicted octanol–water partition coefficient (Wildman–Crippen LogP) is 4.11. The maximum Gasteiger partial charge on any atom is 0.244 e. The molecule has 1 N–H and O–H groups in total. The second-order valence-corrected chi connectivity index (χ2v) is 11.0. The van der Waals surface area contributed by atoms with Gasteiger partial charge in [0, 0.05) is 17.6 Å². The molecule has 2 aromatic carbocycles. The summed E-state index contributed by atoms with van der Waals surface area (Å²) in [7, 11) is -3.74. The standard InChI is InChI=1S/C25H34BrN3O4S/c1-5-7-16-27-25(31)19(3)28(17-20-12-14-22(26)15-13-20)24(30)18-29(34(4,32)33)23-11-9-8-10-21(23)6-2/h8-15,19H,5-7,16-18H2,1-4H3,(H,27,31). The summed E-state index contributed by atoms with van der Waals surface area (Å²) in [5, 5.41) is 2.87. The van der Waals surface area contributed by atoms with Crippen LogP contribution in [0.25, 0.3) is 0 Å². The van der Waals surface area contributed by atoms with E-state index in [4.69, 9.17) is 0 Å². The maximum absolute atomic E-state index is 13.6. The fourth-order valence-electron chi connectivity index (χ4n) is 3.55. The van der Waals surface area contributed by atoms with Crippen molar-refractivity contribution in [1.29, 1.82) is 0 Å². The van der Waals surface area contributed by atoms with E-state index in [1.807, 2.05) is 50.2 Å². The van der Waals surface area contributed by atoms with E-state index in [1.54, 1.807) is 19.1 Å². The molecule has 1 unspecified atom stereocenters. The minimum absolute atomic E-state index is 0.182. The van der Waals surface area contributed by atoms with Gasteiger partial charge in [-0.2, -0.15) is 0 Å². The summed E-state index contributed by atoms with van der Waals surface area (Å²) in [6, 6.07) is 13.8. The molecule has 0 aromatic heterocycles. The van der Waals surface area contributed by atoms with Crippen LogP contribution in [0.3, 0.4) is 0 Å². The van der Waals surface area contributed by atoms with Gasteiger partial charge in [-0.05, 0) is 49.1 Å². The van der Waals surface area contributed by atoms with Crippen LogP contribution in [0, 0.1) is 0 Å². The van der Waals surface area contributed by atoms with Gasteiger partial charge < -0.3 is 10.2 Å². The predicted molar refractivity (Wildman–Crippen MR) is 140 cm³/mol. The minimum atomic E-state index is -3.74.